The van der Waals surface area contributed by atoms with Crippen LogP contribution >= 0.6 is 0 Å². The van der Waals surface area contributed by atoms with Crippen molar-refractivity contribution in [1.29, 1.82) is 0 Å². The summed E-state index contributed by atoms with van der Waals surface area (Å²) in [6, 6.07) is 14.2. The van der Waals surface area contributed by atoms with Crippen LogP contribution in [0, 0.1) is 5.92 Å². The molecule has 30 heavy (non-hydrogen) atoms. The number of fused-ring (bicyclic) bond motifs is 1. The first-order valence-electron chi connectivity index (χ1n) is 10.1. The van der Waals surface area contributed by atoms with E-state index in [1.807, 2.05) is 44.2 Å². The molecule has 2 atom stereocenters. The zero-order chi connectivity index (χ0) is 21.1. The van der Waals surface area contributed by atoms with Crippen molar-refractivity contribution in [2.75, 3.05) is 6.61 Å². The van der Waals surface area contributed by atoms with E-state index in [1.54, 1.807) is 18.3 Å². The average Bonchev–Trinajstić information content (AvgIpc) is 2.77. The number of ether oxygens (including phenoxy) is 1. The van der Waals surface area contributed by atoms with Gasteiger partial charge in [-0.25, -0.2) is 4.98 Å². The van der Waals surface area contributed by atoms with Gasteiger partial charge in [-0.15, -0.1) is 0 Å². The van der Waals surface area contributed by atoms with E-state index in [0.29, 0.717) is 23.8 Å². The molecule has 7 heteroatoms. The SMILES string of the molecule is CC(C)C(NC(=O)C1OCCc2ccccc21)c1cc(=O)[nH]c(-c2ccccn2)n1. The maximum Gasteiger partial charge on any atom is 0.254 e. The second-order valence-electron chi connectivity index (χ2n) is 7.66. The highest BCUT2D eigenvalue weighted by molar-refractivity contribution is 5.83. The molecule has 3 aromatic rings. The van der Waals surface area contributed by atoms with Crippen LogP contribution in [-0.4, -0.2) is 27.5 Å². The molecular formula is C23H24N4O3. The van der Waals surface area contributed by atoms with E-state index < -0.39 is 12.1 Å². The molecule has 0 saturated heterocycles. The van der Waals surface area contributed by atoms with Gasteiger partial charge in [0.2, 0.25) is 0 Å². The molecule has 0 fully saturated rings. The van der Waals surface area contributed by atoms with Gasteiger partial charge >= 0.3 is 0 Å². The molecule has 1 amide bonds. The van der Waals surface area contributed by atoms with Gasteiger partial charge in [0.15, 0.2) is 11.9 Å². The van der Waals surface area contributed by atoms with Crippen molar-refractivity contribution in [1.82, 2.24) is 20.3 Å². The maximum atomic E-state index is 13.1. The Balaban J connectivity index is 1.64. The minimum Gasteiger partial charge on any atom is -0.363 e. The van der Waals surface area contributed by atoms with Gasteiger partial charge in [0.1, 0.15) is 5.69 Å². The minimum atomic E-state index is -0.673. The Kier molecular flexibility index (Phi) is 5.72. The Morgan fingerprint density at radius 1 is 1.20 bits per heavy atom. The van der Waals surface area contributed by atoms with Crippen LogP contribution in [0.25, 0.3) is 11.5 Å². The van der Waals surface area contributed by atoms with Crippen molar-refractivity contribution in [3.05, 3.63) is 81.9 Å². The Morgan fingerprint density at radius 2 is 2.00 bits per heavy atom. The number of aromatic amines is 1. The molecule has 4 rings (SSSR count). The third kappa shape index (κ3) is 4.16. The highest BCUT2D eigenvalue weighted by Crippen LogP contribution is 2.29. The van der Waals surface area contributed by atoms with Crippen molar-refractivity contribution in [3.8, 4) is 11.5 Å². The van der Waals surface area contributed by atoms with Gasteiger partial charge < -0.3 is 15.0 Å². The molecule has 0 aliphatic carbocycles. The standard InChI is InChI=1S/C23H24N4O3/c1-14(2)20(18-13-19(28)26-22(25-18)17-9-5-6-11-24-17)27-23(29)21-16-8-4-3-7-15(16)10-12-30-21/h3-9,11,13-14,20-21H,10,12H2,1-2H3,(H,27,29)(H,25,26,28). The summed E-state index contributed by atoms with van der Waals surface area (Å²) in [5, 5.41) is 3.05. The monoisotopic (exact) mass is 404 g/mol. The molecule has 0 bridgehead atoms. The van der Waals surface area contributed by atoms with Crippen molar-refractivity contribution in [2.45, 2.75) is 32.4 Å². The van der Waals surface area contributed by atoms with E-state index in [4.69, 9.17) is 4.74 Å². The second kappa shape index (κ2) is 8.59. The van der Waals surface area contributed by atoms with Gasteiger partial charge in [-0.2, -0.15) is 0 Å². The first-order valence-corrected chi connectivity index (χ1v) is 10.1. The first-order chi connectivity index (χ1) is 14.5. The fraction of sp³-hybridized carbons (Fsp3) is 0.304. The van der Waals surface area contributed by atoms with E-state index >= 15 is 0 Å². The van der Waals surface area contributed by atoms with Crippen molar-refractivity contribution < 1.29 is 9.53 Å². The van der Waals surface area contributed by atoms with E-state index in [1.165, 1.54) is 6.07 Å². The van der Waals surface area contributed by atoms with Crippen LogP contribution in [0.5, 0.6) is 0 Å². The minimum absolute atomic E-state index is 0.0127. The van der Waals surface area contributed by atoms with Crippen molar-refractivity contribution >= 4 is 5.91 Å². The van der Waals surface area contributed by atoms with Crippen molar-refractivity contribution in [3.63, 3.8) is 0 Å². The summed E-state index contributed by atoms with van der Waals surface area (Å²) in [5.41, 5.74) is 2.77. The average molecular weight is 404 g/mol. The number of pyridine rings is 1. The number of carbonyl (C=O) groups excluding carboxylic acids is 1. The smallest absolute Gasteiger partial charge is 0.254 e. The number of hydrogen-bond acceptors (Lipinski definition) is 5. The molecule has 154 valence electrons. The molecule has 0 radical (unpaired) electrons. The molecule has 0 saturated carbocycles. The number of nitrogens with one attached hydrogen (secondary N) is 2. The molecule has 7 nitrogen and oxygen atoms in total. The summed E-state index contributed by atoms with van der Waals surface area (Å²) in [5.74, 6) is 0.151. The highest BCUT2D eigenvalue weighted by Gasteiger charge is 2.30. The number of amides is 1. The fourth-order valence-electron chi connectivity index (χ4n) is 3.68. The molecule has 2 N–H and O–H groups in total. The summed E-state index contributed by atoms with van der Waals surface area (Å²) < 4.78 is 5.79. The summed E-state index contributed by atoms with van der Waals surface area (Å²) in [7, 11) is 0. The molecule has 0 spiro atoms. The number of carbonyl (C=O) groups is 1. The lowest BCUT2D eigenvalue weighted by Gasteiger charge is -2.28. The zero-order valence-electron chi connectivity index (χ0n) is 17.0. The number of H-pyrrole nitrogens is 1. The molecule has 2 aromatic heterocycles. The van der Waals surface area contributed by atoms with Crippen LogP contribution in [0.3, 0.4) is 0 Å². The highest BCUT2D eigenvalue weighted by atomic mass is 16.5. The lowest BCUT2D eigenvalue weighted by atomic mass is 9.95. The summed E-state index contributed by atoms with van der Waals surface area (Å²) >= 11 is 0. The van der Waals surface area contributed by atoms with E-state index in [-0.39, 0.29) is 17.4 Å². The largest absolute Gasteiger partial charge is 0.363 e. The molecule has 1 aromatic carbocycles. The summed E-state index contributed by atoms with van der Waals surface area (Å²) in [6.45, 7) is 4.45. The quantitative estimate of drug-likeness (QED) is 0.681. The van der Waals surface area contributed by atoms with Gasteiger partial charge in [0.25, 0.3) is 11.5 Å². The van der Waals surface area contributed by atoms with E-state index in [9.17, 15) is 9.59 Å². The Hall–Kier alpha value is -3.32. The molecular weight excluding hydrogens is 380 g/mol. The Labute approximate surface area is 174 Å². The Morgan fingerprint density at radius 3 is 2.77 bits per heavy atom. The van der Waals surface area contributed by atoms with Crippen LogP contribution in [0.15, 0.2) is 59.5 Å². The van der Waals surface area contributed by atoms with Gasteiger partial charge in [-0.05, 0) is 35.6 Å². The van der Waals surface area contributed by atoms with Crippen LogP contribution in [-0.2, 0) is 16.0 Å². The maximum absolute atomic E-state index is 13.1. The van der Waals surface area contributed by atoms with Gasteiger partial charge in [0.05, 0.1) is 18.3 Å². The predicted molar refractivity (Wildman–Crippen MR) is 113 cm³/mol. The molecule has 2 unspecified atom stereocenters. The number of rotatable bonds is 5. The Bertz CT molecular complexity index is 1090. The number of nitrogens with zero attached hydrogens (tertiary/aromatic N) is 2. The normalized spacial score (nSPS) is 16.7. The van der Waals surface area contributed by atoms with Crippen LogP contribution in [0.4, 0.5) is 0 Å². The lowest BCUT2D eigenvalue weighted by Crippen LogP contribution is -2.38. The second-order valence-corrected chi connectivity index (χ2v) is 7.66. The van der Waals surface area contributed by atoms with Crippen LogP contribution < -0.4 is 10.9 Å². The molecule has 1 aliphatic rings. The summed E-state index contributed by atoms with van der Waals surface area (Å²) in [6.07, 6.45) is 1.76. The fourth-order valence-corrected chi connectivity index (χ4v) is 3.68. The number of aromatic nitrogens is 3. The van der Waals surface area contributed by atoms with Crippen LogP contribution in [0.1, 0.15) is 42.8 Å². The van der Waals surface area contributed by atoms with E-state index in [0.717, 1.165) is 17.5 Å². The number of benzene rings is 1. The lowest BCUT2D eigenvalue weighted by molar-refractivity contribution is -0.135. The summed E-state index contributed by atoms with van der Waals surface area (Å²) in [4.78, 5) is 37.0. The predicted octanol–water partition coefficient (Wildman–Crippen LogP) is 2.96. The zero-order valence-corrected chi connectivity index (χ0v) is 17.0. The van der Waals surface area contributed by atoms with Gasteiger partial charge in [0, 0.05) is 12.3 Å². The van der Waals surface area contributed by atoms with Gasteiger partial charge in [-0.3, -0.25) is 14.6 Å². The van der Waals surface area contributed by atoms with Crippen LogP contribution in [0.2, 0.25) is 0 Å². The first kappa shape index (κ1) is 20.0. The van der Waals surface area contributed by atoms with Gasteiger partial charge in [-0.1, -0.05) is 44.2 Å². The van der Waals surface area contributed by atoms with Crippen molar-refractivity contribution in [2.24, 2.45) is 5.92 Å². The third-order valence-corrected chi connectivity index (χ3v) is 5.18. The molecule has 3 heterocycles. The third-order valence-electron chi connectivity index (χ3n) is 5.18. The topological polar surface area (TPSA) is 97.0 Å². The molecule has 1 aliphatic heterocycles. The number of hydrogen-bond donors (Lipinski definition) is 2. The van der Waals surface area contributed by atoms with E-state index in [2.05, 4.69) is 20.3 Å².